The lowest BCUT2D eigenvalue weighted by molar-refractivity contribution is 0.396. The van der Waals surface area contributed by atoms with Gasteiger partial charge in [-0.25, -0.2) is 0 Å². The zero-order valence-corrected chi connectivity index (χ0v) is 11.2. The molecule has 0 spiro atoms. The molecule has 0 bridgehead atoms. The molecular weight excluding hydrogens is 246 g/mol. The van der Waals surface area contributed by atoms with Crippen LogP contribution in [0, 0.1) is 6.92 Å². The third kappa shape index (κ3) is 1.93. The lowest BCUT2D eigenvalue weighted by Gasteiger charge is -2.25. The van der Waals surface area contributed by atoms with Crippen molar-refractivity contribution in [3.8, 4) is 5.69 Å². The molecule has 0 amide bonds. The number of hydrogen-bond acceptors (Lipinski definition) is 2. The molecule has 0 radical (unpaired) electrons. The molecule has 18 heavy (non-hydrogen) atoms. The minimum atomic E-state index is 0.396. The highest BCUT2D eigenvalue weighted by molar-refractivity contribution is 6.16. The fourth-order valence-electron chi connectivity index (χ4n) is 2.40. The average molecular weight is 262 g/mol. The fourth-order valence-corrected chi connectivity index (χ4v) is 2.57. The predicted octanol–water partition coefficient (Wildman–Crippen LogP) is 3.58. The van der Waals surface area contributed by atoms with Crippen LogP contribution in [0.3, 0.4) is 0 Å². The minimum absolute atomic E-state index is 0.396. The molecule has 0 saturated heterocycles. The summed E-state index contributed by atoms with van der Waals surface area (Å²) in [5.74, 6) is 2.86. The number of alkyl halides is 1. The van der Waals surface area contributed by atoms with Crippen LogP contribution < -0.4 is 0 Å². The Labute approximate surface area is 112 Å². The van der Waals surface area contributed by atoms with Crippen molar-refractivity contribution < 1.29 is 0 Å². The number of rotatable bonds is 3. The van der Waals surface area contributed by atoms with Crippen molar-refractivity contribution in [2.75, 3.05) is 0 Å². The summed E-state index contributed by atoms with van der Waals surface area (Å²) in [6, 6.07) is 8.40. The quantitative estimate of drug-likeness (QED) is 0.791. The molecule has 1 aliphatic rings. The molecule has 1 saturated carbocycles. The van der Waals surface area contributed by atoms with Gasteiger partial charge in [-0.2, -0.15) is 0 Å². The molecule has 0 N–H and O–H groups in total. The van der Waals surface area contributed by atoms with Crippen LogP contribution in [0.2, 0.25) is 0 Å². The normalized spacial score (nSPS) is 15.7. The van der Waals surface area contributed by atoms with Crippen LogP contribution in [0.4, 0.5) is 0 Å². The van der Waals surface area contributed by atoms with Gasteiger partial charge in [0.25, 0.3) is 0 Å². The van der Waals surface area contributed by atoms with Crippen LogP contribution in [0.15, 0.2) is 24.3 Å². The topological polar surface area (TPSA) is 30.7 Å². The van der Waals surface area contributed by atoms with Gasteiger partial charge < -0.3 is 0 Å². The average Bonchev–Trinajstić information content (AvgIpc) is 2.70. The molecule has 1 aliphatic carbocycles. The van der Waals surface area contributed by atoms with E-state index >= 15 is 0 Å². The number of benzene rings is 1. The Balaban J connectivity index is 2.10. The Morgan fingerprint density at radius 2 is 2.17 bits per heavy atom. The van der Waals surface area contributed by atoms with E-state index < -0.39 is 0 Å². The first kappa shape index (κ1) is 11.7. The molecule has 0 unspecified atom stereocenters. The Morgan fingerprint density at radius 3 is 2.78 bits per heavy atom. The third-order valence-corrected chi connectivity index (χ3v) is 3.84. The predicted molar refractivity (Wildman–Crippen MR) is 72.2 cm³/mol. The second-order valence-electron chi connectivity index (χ2n) is 4.91. The molecule has 0 atom stereocenters. The van der Waals surface area contributed by atoms with E-state index in [4.69, 9.17) is 11.6 Å². The highest BCUT2D eigenvalue weighted by Gasteiger charge is 2.26. The van der Waals surface area contributed by atoms with E-state index in [0.29, 0.717) is 11.8 Å². The maximum Gasteiger partial charge on any atom is 0.152 e. The van der Waals surface area contributed by atoms with Gasteiger partial charge in [-0.05, 0) is 37.5 Å². The molecule has 2 aromatic rings. The summed E-state index contributed by atoms with van der Waals surface area (Å²) in [4.78, 5) is 0. The second kappa shape index (κ2) is 4.73. The summed E-state index contributed by atoms with van der Waals surface area (Å²) >= 11 is 5.98. The van der Waals surface area contributed by atoms with Gasteiger partial charge in [-0.3, -0.25) is 4.57 Å². The number of nitrogens with zero attached hydrogens (tertiary/aromatic N) is 3. The van der Waals surface area contributed by atoms with Crippen molar-refractivity contribution >= 4 is 11.6 Å². The summed E-state index contributed by atoms with van der Waals surface area (Å²) in [6.45, 7) is 2.09. The summed E-state index contributed by atoms with van der Waals surface area (Å²) < 4.78 is 2.13. The van der Waals surface area contributed by atoms with E-state index in [2.05, 4.69) is 46.0 Å². The van der Waals surface area contributed by atoms with Crippen LogP contribution in [0.25, 0.3) is 5.69 Å². The second-order valence-corrected chi connectivity index (χ2v) is 5.18. The van der Waals surface area contributed by atoms with Crippen LogP contribution in [0.5, 0.6) is 0 Å². The Bertz CT molecular complexity index is 558. The van der Waals surface area contributed by atoms with E-state index in [0.717, 1.165) is 17.3 Å². The van der Waals surface area contributed by atoms with Crippen molar-refractivity contribution in [3.05, 3.63) is 41.5 Å². The highest BCUT2D eigenvalue weighted by atomic mass is 35.5. The maximum atomic E-state index is 5.98. The van der Waals surface area contributed by atoms with Crippen LogP contribution in [-0.2, 0) is 5.88 Å². The van der Waals surface area contributed by atoms with Gasteiger partial charge in [0, 0.05) is 11.6 Å². The maximum absolute atomic E-state index is 5.98. The third-order valence-electron chi connectivity index (χ3n) is 3.60. The first-order chi connectivity index (χ1) is 8.79. The monoisotopic (exact) mass is 261 g/mol. The summed E-state index contributed by atoms with van der Waals surface area (Å²) in [7, 11) is 0. The zero-order chi connectivity index (χ0) is 12.5. The molecule has 1 aromatic heterocycles. The van der Waals surface area contributed by atoms with Crippen molar-refractivity contribution in [1.29, 1.82) is 0 Å². The summed E-state index contributed by atoms with van der Waals surface area (Å²) in [5, 5.41) is 8.57. The van der Waals surface area contributed by atoms with Gasteiger partial charge in [-0.15, -0.1) is 21.8 Å². The van der Waals surface area contributed by atoms with Crippen LogP contribution in [0.1, 0.15) is 42.4 Å². The van der Waals surface area contributed by atoms with Gasteiger partial charge >= 0.3 is 0 Å². The van der Waals surface area contributed by atoms with E-state index in [1.807, 2.05) is 0 Å². The lowest BCUT2D eigenvalue weighted by Crippen LogP contribution is -2.15. The van der Waals surface area contributed by atoms with E-state index in [1.54, 1.807) is 0 Å². The van der Waals surface area contributed by atoms with E-state index in [-0.39, 0.29) is 0 Å². The Kier molecular flexibility index (Phi) is 3.08. The smallest absolute Gasteiger partial charge is 0.152 e. The number of aryl methyl sites for hydroxylation is 1. The standard InChI is InChI=1S/C14H16ClN3/c1-10-4-2-7-12(8-10)18-13(9-15)16-17-14(18)11-5-3-6-11/h2,4,7-8,11H,3,5-6,9H2,1H3. The molecule has 1 fully saturated rings. The Hall–Kier alpha value is -1.35. The van der Waals surface area contributed by atoms with E-state index in [1.165, 1.54) is 24.8 Å². The molecule has 1 aromatic carbocycles. The number of halogens is 1. The summed E-state index contributed by atoms with van der Waals surface area (Å²) in [5.41, 5.74) is 2.36. The van der Waals surface area contributed by atoms with E-state index in [9.17, 15) is 0 Å². The largest absolute Gasteiger partial charge is 0.282 e. The van der Waals surface area contributed by atoms with Gasteiger partial charge in [0.15, 0.2) is 5.82 Å². The van der Waals surface area contributed by atoms with Gasteiger partial charge in [0.05, 0.1) is 5.88 Å². The van der Waals surface area contributed by atoms with Gasteiger partial charge in [0.1, 0.15) is 5.82 Å². The van der Waals surface area contributed by atoms with Crippen molar-refractivity contribution in [1.82, 2.24) is 14.8 Å². The number of hydrogen-bond donors (Lipinski definition) is 0. The van der Waals surface area contributed by atoms with Crippen molar-refractivity contribution in [2.45, 2.75) is 38.0 Å². The summed E-state index contributed by atoms with van der Waals surface area (Å²) in [6.07, 6.45) is 3.72. The first-order valence-corrected chi connectivity index (χ1v) is 6.90. The van der Waals surface area contributed by atoms with Crippen molar-refractivity contribution in [3.63, 3.8) is 0 Å². The lowest BCUT2D eigenvalue weighted by atomic mass is 9.85. The number of aromatic nitrogens is 3. The van der Waals surface area contributed by atoms with Gasteiger partial charge in [-0.1, -0.05) is 18.6 Å². The molecular formula is C14H16ClN3. The minimum Gasteiger partial charge on any atom is -0.282 e. The van der Waals surface area contributed by atoms with Crippen LogP contribution in [-0.4, -0.2) is 14.8 Å². The fraction of sp³-hybridized carbons (Fsp3) is 0.429. The Morgan fingerprint density at radius 1 is 1.33 bits per heavy atom. The van der Waals surface area contributed by atoms with Crippen LogP contribution >= 0.6 is 11.6 Å². The first-order valence-electron chi connectivity index (χ1n) is 6.37. The molecule has 3 rings (SSSR count). The molecule has 4 heteroatoms. The SMILES string of the molecule is Cc1cccc(-n2c(CCl)nnc2C2CCC2)c1. The molecule has 94 valence electrons. The zero-order valence-electron chi connectivity index (χ0n) is 10.4. The molecule has 1 heterocycles. The molecule has 3 nitrogen and oxygen atoms in total. The van der Waals surface area contributed by atoms with Gasteiger partial charge in [0.2, 0.25) is 0 Å². The molecule has 0 aliphatic heterocycles. The van der Waals surface area contributed by atoms with Crippen molar-refractivity contribution in [2.24, 2.45) is 0 Å². The highest BCUT2D eigenvalue weighted by Crippen LogP contribution is 2.36.